The summed E-state index contributed by atoms with van der Waals surface area (Å²) in [7, 11) is -3.67. The van der Waals surface area contributed by atoms with Gasteiger partial charge in [0.1, 0.15) is 0 Å². The number of anilines is 1. The predicted octanol–water partition coefficient (Wildman–Crippen LogP) is 3.15. The van der Waals surface area contributed by atoms with Crippen molar-refractivity contribution >= 4 is 33.4 Å². The lowest BCUT2D eigenvalue weighted by atomic mass is 10.1. The molecular weight excluding hydrogens is 344 g/mol. The van der Waals surface area contributed by atoms with Crippen molar-refractivity contribution in [3.63, 3.8) is 0 Å². The number of nitrogens with one attached hydrogen (secondary N) is 2. The van der Waals surface area contributed by atoms with Crippen molar-refractivity contribution in [2.45, 2.75) is 30.2 Å². The van der Waals surface area contributed by atoms with E-state index >= 15 is 0 Å². The zero-order chi connectivity index (χ0) is 17.7. The Kier molecular flexibility index (Phi) is 6.04. The molecule has 0 aromatic heterocycles. The van der Waals surface area contributed by atoms with E-state index in [2.05, 4.69) is 10.0 Å². The van der Waals surface area contributed by atoms with Gasteiger partial charge in [0.2, 0.25) is 15.9 Å². The van der Waals surface area contributed by atoms with Crippen LogP contribution in [0, 0.1) is 6.92 Å². The molecule has 2 aromatic carbocycles. The van der Waals surface area contributed by atoms with Crippen LogP contribution in [-0.2, 0) is 21.4 Å². The van der Waals surface area contributed by atoms with Crippen LogP contribution in [0.15, 0.2) is 52.3 Å². The fourth-order valence-corrected chi connectivity index (χ4v) is 3.80. The van der Waals surface area contributed by atoms with Gasteiger partial charge < -0.3 is 5.32 Å². The molecular formula is C17H20N2O3S2. The Bertz CT molecular complexity index is 849. The highest BCUT2D eigenvalue weighted by atomic mass is 32.2. The van der Waals surface area contributed by atoms with E-state index in [1.165, 1.54) is 30.8 Å². The molecule has 0 atom stereocenters. The summed E-state index contributed by atoms with van der Waals surface area (Å²) in [5.74, 6) is -0.243. The molecule has 2 aromatic rings. The Morgan fingerprint density at radius 3 is 2.54 bits per heavy atom. The standard InChI is InChI=1S/C17H20N2O3S2/c1-12-5-4-6-14(9-12)11-18-24(21,22)15-7-8-17(23-3)16(10-15)19-13(2)20/h4-10,18H,11H2,1-3H3,(H,19,20). The van der Waals surface area contributed by atoms with Crippen molar-refractivity contribution in [2.24, 2.45) is 0 Å². The molecule has 0 saturated carbocycles. The van der Waals surface area contributed by atoms with E-state index in [1.54, 1.807) is 6.07 Å². The van der Waals surface area contributed by atoms with E-state index in [-0.39, 0.29) is 17.3 Å². The average Bonchev–Trinajstić information content (AvgIpc) is 2.52. The molecule has 128 valence electrons. The summed E-state index contributed by atoms with van der Waals surface area (Å²) in [4.78, 5) is 12.2. The molecule has 7 heteroatoms. The molecule has 24 heavy (non-hydrogen) atoms. The van der Waals surface area contributed by atoms with Crippen molar-refractivity contribution < 1.29 is 13.2 Å². The average molecular weight is 364 g/mol. The van der Waals surface area contributed by atoms with Crippen LogP contribution in [0.1, 0.15) is 18.1 Å². The molecule has 0 spiro atoms. The van der Waals surface area contributed by atoms with Crippen molar-refractivity contribution in [1.29, 1.82) is 0 Å². The minimum absolute atomic E-state index is 0.122. The molecule has 5 nitrogen and oxygen atoms in total. The molecule has 0 bridgehead atoms. The van der Waals surface area contributed by atoms with E-state index in [9.17, 15) is 13.2 Å². The fraction of sp³-hybridized carbons (Fsp3) is 0.235. The van der Waals surface area contributed by atoms with Crippen molar-refractivity contribution in [1.82, 2.24) is 4.72 Å². The smallest absolute Gasteiger partial charge is 0.240 e. The second-order valence-corrected chi connectivity index (χ2v) is 7.97. The van der Waals surface area contributed by atoms with Crippen LogP contribution in [0.4, 0.5) is 5.69 Å². The highest BCUT2D eigenvalue weighted by Crippen LogP contribution is 2.28. The highest BCUT2D eigenvalue weighted by Gasteiger charge is 2.16. The SMILES string of the molecule is CSc1ccc(S(=O)(=O)NCc2cccc(C)c2)cc1NC(C)=O. The Morgan fingerprint density at radius 1 is 1.17 bits per heavy atom. The van der Waals surface area contributed by atoms with E-state index in [1.807, 2.05) is 37.4 Å². The van der Waals surface area contributed by atoms with Crippen LogP contribution in [0.25, 0.3) is 0 Å². The number of sulfonamides is 1. The molecule has 0 aliphatic carbocycles. The molecule has 1 amide bonds. The van der Waals surface area contributed by atoms with Crippen LogP contribution in [-0.4, -0.2) is 20.6 Å². The fourth-order valence-electron chi connectivity index (χ4n) is 2.23. The maximum Gasteiger partial charge on any atom is 0.240 e. The number of amides is 1. The van der Waals surface area contributed by atoms with Gasteiger partial charge in [-0.15, -0.1) is 11.8 Å². The van der Waals surface area contributed by atoms with Gasteiger partial charge in [-0.25, -0.2) is 13.1 Å². The van der Waals surface area contributed by atoms with Gasteiger partial charge in [0.25, 0.3) is 0 Å². The summed E-state index contributed by atoms with van der Waals surface area (Å²) in [6.45, 7) is 3.56. The molecule has 0 unspecified atom stereocenters. The number of hydrogen-bond acceptors (Lipinski definition) is 4. The van der Waals surface area contributed by atoms with Gasteiger partial charge in [-0.1, -0.05) is 29.8 Å². The monoisotopic (exact) mass is 364 g/mol. The second-order valence-electron chi connectivity index (χ2n) is 5.36. The third kappa shape index (κ3) is 4.83. The van der Waals surface area contributed by atoms with E-state index < -0.39 is 10.0 Å². The minimum Gasteiger partial charge on any atom is -0.325 e. The number of carbonyl (C=O) groups is 1. The highest BCUT2D eigenvalue weighted by molar-refractivity contribution is 7.98. The molecule has 2 N–H and O–H groups in total. The van der Waals surface area contributed by atoms with Gasteiger partial charge >= 0.3 is 0 Å². The van der Waals surface area contributed by atoms with Crippen LogP contribution >= 0.6 is 11.8 Å². The normalized spacial score (nSPS) is 11.3. The van der Waals surface area contributed by atoms with Gasteiger partial charge in [-0.2, -0.15) is 0 Å². The van der Waals surface area contributed by atoms with Crippen molar-refractivity contribution in [3.8, 4) is 0 Å². The third-order valence-electron chi connectivity index (χ3n) is 3.34. The maximum atomic E-state index is 12.5. The lowest BCUT2D eigenvalue weighted by molar-refractivity contribution is -0.114. The first kappa shape index (κ1) is 18.5. The molecule has 0 saturated heterocycles. The van der Waals surface area contributed by atoms with Gasteiger partial charge in [-0.3, -0.25) is 4.79 Å². The summed E-state index contributed by atoms with van der Waals surface area (Å²) in [6.07, 6.45) is 1.87. The molecule has 0 fully saturated rings. The molecule has 2 rings (SSSR count). The van der Waals surface area contributed by atoms with Crippen LogP contribution in [0.3, 0.4) is 0 Å². The van der Waals surface area contributed by atoms with Crippen LogP contribution in [0.5, 0.6) is 0 Å². The zero-order valence-electron chi connectivity index (χ0n) is 13.8. The molecule has 0 aliphatic rings. The molecule has 0 radical (unpaired) electrons. The minimum atomic E-state index is -3.67. The van der Waals surface area contributed by atoms with Gasteiger partial charge in [-0.05, 0) is 36.9 Å². The lowest BCUT2D eigenvalue weighted by Gasteiger charge is -2.12. The van der Waals surface area contributed by atoms with Crippen molar-refractivity contribution in [3.05, 3.63) is 53.6 Å². The molecule has 0 aliphatic heterocycles. The van der Waals surface area contributed by atoms with Crippen LogP contribution < -0.4 is 10.0 Å². The topological polar surface area (TPSA) is 75.3 Å². The largest absolute Gasteiger partial charge is 0.325 e. The van der Waals surface area contributed by atoms with Gasteiger partial charge in [0.15, 0.2) is 0 Å². The number of rotatable bonds is 6. The number of thioether (sulfide) groups is 1. The van der Waals surface area contributed by atoms with E-state index in [0.29, 0.717) is 5.69 Å². The quantitative estimate of drug-likeness (QED) is 0.772. The second kappa shape index (κ2) is 7.83. The first-order chi connectivity index (χ1) is 11.3. The Hall–Kier alpha value is -1.83. The Labute approximate surface area is 146 Å². The van der Waals surface area contributed by atoms with E-state index in [0.717, 1.165) is 16.0 Å². The first-order valence-corrected chi connectivity index (χ1v) is 10.0. The molecule has 0 heterocycles. The summed E-state index contributed by atoms with van der Waals surface area (Å²) in [6, 6.07) is 12.4. The number of carbonyl (C=O) groups excluding carboxylic acids is 1. The summed E-state index contributed by atoms with van der Waals surface area (Å²) < 4.78 is 27.6. The Morgan fingerprint density at radius 2 is 1.92 bits per heavy atom. The lowest BCUT2D eigenvalue weighted by Crippen LogP contribution is -2.23. The summed E-state index contributed by atoms with van der Waals surface area (Å²) in [5.41, 5.74) is 2.46. The van der Waals surface area contributed by atoms with E-state index in [4.69, 9.17) is 0 Å². The summed E-state index contributed by atoms with van der Waals surface area (Å²) in [5, 5.41) is 2.67. The zero-order valence-corrected chi connectivity index (χ0v) is 15.4. The van der Waals surface area contributed by atoms with Gasteiger partial charge in [0.05, 0.1) is 10.6 Å². The third-order valence-corrected chi connectivity index (χ3v) is 5.54. The maximum absolute atomic E-state index is 12.5. The number of benzene rings is 2. The number of hydrogen-bond donors (Lipinski definition) is 2. The van der Waals surface area contributed by atoms with Gasteiger partial charge in [0, 0.05) is 18.4 Å². The predicted molar refractivity (Wildman–Crippen MR) is 97.7 cm³/mol. The number of aryl methyl sites for hydroxylation is 1. The Balaban J connectivity index is 2.23. The summed E-state index contributed by atoms with van der Waals surface area (Å²) >= 11 is 1.44. The first-order valence-electron chi connectivity index (χ1n) is 7.32. The van der Waals surface area contributed by atoms with Crippen LogP contribution in [0.2, 0.25) is 0 Å². The van der Waals surface area contributed by atoms with Crippen molar-refractivity contribution in [2.75, 3.05) is 11.6 Å².